The molecular formula is C18H32O. The summed E-state index contributed by atoms with van der Waals surface area (Å²) < 4.78 is 0. The molecule has 7 atom stereocenters. The minimum atomic E-state index is -0.0387. The molecule has 110 valence electrons. The molecule has 0 aliphatic heterocycles. The van der Waals surface area contributed by atoms with Crippen LogP contribution in [0.4, 0.5) is 0 Å². The van der Waals surface area contributed by atoms with Gasteiger partial charge in [0.15, 0.2) is 0 Å². The Morgan fingerprint density at radius 3 is 2.11 bits per heavy atom. The highest BCUT2D eigenvalue weighted by Crippen LogP contribution is 2.70. The topological polar surface area (TPSA) is 20.2 Å². The fourth-order valence-corrected chi connectivity index (χ4v) is 5.95. The molecule has 3 rings (SSSR count). The number of hydrogen-bond donors (Lipinski definition) is 1. The molecule has 0 saturated heterocycles. The predicted molar refractivity (Wildman–Crippen MR) is 79.8 cm³/mol. The van der Waals surface area contributed by atoms with Crippen LogP contribution in [0.1, 0.15) is 66.7 Å². The van der Waals surface area contributed by atoms with E-state index in [1.807, 2.05) is 0 Å². The molecule has 0 spiro atoms. The van der Waals surface area contributed by atoms with Gasteiger partial charge in [-0.25, -0.2) is 0 Å². The van der Waals surface area contributed by atoms with Gasteiger partial charge in [0.25, 0.3) is 0 Å². The van der Waals surface area contributed by atoms with E-state index in [0.717, 1.165) is 24.2 Å². The quantitative estimate of drug-likeness (QED) is 0.739. The second-order valence-electron chi connectivity index (χ2n) is 8.87. The maximum absolute atomic E-state index is 10.6. The Morgan fingerprint density at radius 1 is 0.947 bits per heavy atom. The number of aliphatic hydroxyl groups excluding tert-OH is 1. The van der Waals surface area contributed by atoms with E-state index in [-0.39, 0.29) is 6.10 Å². The van der Waals surface area contributed by atoms with Crippen molar-refractivity contribution < 1.29 is 5.11 Å². The third-order valence-corrected chi connectivity index (χ3v) is 8.10. The van der Waals surface area contributed by atoms with Gasteiger partial charge in [0, 0.05) is 0 Å². The molecule has 0 amide bonds. The first kappa shape index (κ1) is 13.9. The summed E-state index contributed by atoms with van der Waals surface area (Å²) in [4.78, 5) is 0. The van der Waals surface area contributed by atoms with E-state index >= 15 is 0 Å². The van der Waals surface area contributed by atoms with Crippen molar-refractivity contribution >= 4 is 0 Å². The number of rotatable bonds is 1. The van der Waals surface area contributed by atoms with Crippen LogP contribution >= 0.6 is 0 Å². The summed E-state index contributed by atoms with van der Waals surface area (Å²) in [6, 6.07) is 0. The predicted octanol–water partition coefficient (Wildman–Crippen LogP) is 4.49. The van der Waals surface area contributed by atoms with Crippen molar-refractivity contribution in [2.24, 2.45) is 40.4 Å². The molecule has 0 aromatic rings. The second-order valence-corrected chi connectivity index (χ2v) is 8.87. The molecule has 0 aromatic heterocycles. The Morgan fingerprint density at radius 2 is 1.58 bits per heavy atom. The first-order chi connectivity index (χ1) is 8.77. The largest absolute Gasteiger partial charge is 0.393 e. The van der Waals surface area contributed by atoms with E-state index in [9.17, 15) is 5.11 Å². The molecule has 0 unspecified atom stereocenters. The summed E-state index contributed by atoms with van der Waals surface area (Å²) in [5.74, 6) is 3.74. The Bertz CT molecular complexity index is 361. The average molecular weight is 264 g/mol. The summed E-state index contributed by atoms with van der Waals surface area (Å²) in [7, 11) is 0. The van der Waals surface area contributed by atoms with Crippen molar-refractivity contribution in [2.45, 2.75) is 72.8 Å². The smallest absolute Gasteiger partial charge is 0.0574 e. The molecule has 3 fully saturated rings. The van der Waals surface area contributed by atoms with Crippen LogP contribution in [0.2, 0.25) is 0 Å². The second kappa shape index (κ2) is 4.23. The van der Waals surface area contributed by atoms with Crippen LogP contribution in [0, 0.1) is 40.4 Å². The lowest BCUT2D eigenvalue weighted by Gasteiger charge is -2.47. The molecule has 19 heavy (non-hydrogen) atoms. The normalized spacial score (nSPS) is 56.5. The van der Waals surface area contributed by atoms with Crippen LogP contribution < -0.4 is 0 Å². The highest BCUT2D eigenvalue weighted by atomic mass is 16.3. The summed E-state index contributed by atoms with van der Waals surface area (Å²) >= 11 is 0. The van der Waals surface area contributed by atoms with Gasteiger partial charge in [-0.2, -0.15) is 0 Å². The summed E-state index contributed by atoms with van der Waals surface area (Å²) in [5, 5.41) is 10.6. The molecule has 0 heterocycles. The first-order valence-electron chi connectivity index (χ1n) is 8.45. The van der Waals surface area contributed by atoms with Crippen LogP contribution in [0.25, 0.3) is 0 Å². The number of aliphatic hydroxyl groups is 1. The number of fused-ring (bicyclic) bond motifs is 2. The van der Waals surface area contributed by atoms with Crippen molar-refractivity contribution in [1.29, 1.82) is 0 Å². The van der Waals surface area contributed by atoms with E-state index in [4.69, 9.17) is 0 Å². The van der Waals surface area contributed by atoms with Crippen LogP contribution in [-0.4, -0.2) is 11.2 Å². The lowest BCUT2D eigenvalue weighted by Crippen LogP contribution is -2.44. The number of hydrogen-bond acceptors (Lipinski definition) is 1. The molecule has 1 nitrogen and oxygen atoms in total. The molecular weight excluding hydrogens is 232 g/mol. The lowest BCUT2D eigenvalue weighted by atomic mass is 9.58. The fraction of sp³-hybridized carbons (Fsp3) is 1.00. The highest BCUT2D eigenvalue weighted by Gasteiger charge is 2.63. The Hall–Kier alpha value is -0.0400. The molecule has 3 aliphatic rings. The van der Waals surface area contributed by atoms with Gasteiger partial charge in [0.05, 0.1) is 6.10 Å². The van der Waals surface area contributed by atoms with Crippen LogP contribution in [-0.2, 0) is 0 Å². The Labute approximate surface area is 119 Å². The zero-order valence-corrected chi connectivity index (χ0v) is 13.4. The van der Waals surface area contributed by atoms with Gasteiger partial charge in [-0.1, -0.05) is 34.6 Å². The Kier molecular flexibility index (Phi) is 3.10. The molecule has 3 aliphatic carbocycles. The monoisotopic (exact) mass is 264 g/mol. The zero-order valence-electron chi connectivity index (χ0n) is 13.4. The summed E-state index contributed by atoms with van der Waals surface area (Å²) in [6.07, 6.45) is 6.45. The fourth-order valence-electron chi connectivity index (χ4n) is 5.95. The average Bonchev–Trinajstić information content (AvgIpc) is 2.66. The van der Waals surface area contributed by atoms with Gasteiger partial charge in [0.1, 0.15) is 0 Å². The first-order valence-corrected chi connectivity index (χ1v) is 8.45. The van der Waals surface area contributed by atoms with Gasteiger partial charge < -0.3 is 5.11 Å². The zero-order chi connectivity index (χ0) is 14.0. The minimum Gasteiger partial charge on any atom is -0.393 e. The third kappa shape index (κ3) is 1.76. The van der Waals surface area contributed by atoms with Crippen molar-refractivity contribution in [3.05, 3.63) is 0 Å². The van der Waals surface area contributed by atoms with Crippen LogP contribution in [0.15, 0.2) is 0 Å². The van der Waals surface area contributed by atoms with E-state index in [1.165, 1.54) is 25.7 Å². The van der Waals surface area contributed by atoms with Crippen molar-refractivity contribution in [1.82, 2.24) is 0 Å². The molecule has 3 saturated carbocycles. The standard InChI is InChI=1S/C18H32O/c1-11-8-14(16(19)9-12(11)2)15-10-13-6-7-18(15,5)17(13,3)4/h11-16,19H,6-10H2,1-5H3/t11-,12-,13+,14-,15-,16-,18-/m1/s1. The molecule has 1 N–H and O–H groups in total. The van der Waals surface area contributed by atoms with Crippen molar-refractivity contribution in [3.63, 3.8) is 0 Å². The van der Waals surface area contributed by atoms with Crippen molar-refractivity contribution in [2.75, 3.05) is 0 Å². The maximum atomic E-state index is 10.6. The lowest BCUT2D eigenvalue weighted by molar-refractivity contribution is -0.0469. The molecule has 0 aromatic carbocycles. The van der Waals surface area contributed by atoms with E-state index < -0.39 is 0 Å². The molecule has 2 bridgehead atoms. The van der Waals surface area contributed by atoms with Crippen LogP contribution in [0.3, 0.4) is 0 Å². The summed E-state index contributed by atoms with van der Waals surface area (Å²) in [6.45, 7) is 12.2. The van der Waals surface area contributed by atoms with Gasteiger partial charge in [0.2, 0.25) is 0 Å². The van der Waals surface area contributed by atoms with E-state index in [2.05, 4.69) is 34.6 Å². The molecule has 0 radical (unpaired) electrons. The summed E-state index contributed by atoms with van der Waals surface area (Å²) in [5.41, 5.74) is 0.966. The van der Waals surface area contributed by atoms with Crippen molar-refractivity contribution in [3.8, 4) is 0 Å². The van der Waals surface area contributed by atoms with Crippen LogP contribution in [0.5, 0.6) is 0 Å². The molecule has 1 heteroatoms. The Balaban J connectivity index is 1.84. The van der Waals surface area contributed by atoms with E-state index in [1.54, 1.807) is 0 Å². The van der Waals surface area contributed by atoms with Gasteiger partial charge in [-0.15, -0.1) is 0 Å². The maximum Gasteiger partial charge on any atom is 0.0574 e. The van der Waals surface area contributed by atoms with E-state index in [0.29, 0.717) is 22.7 Å². The minimum absolute atomic E-state index is 0.0387. The highest BCUT2D eigenvalue weighted by molar-refractivity contribution is 5.12. The van der Waals surface area contributed by atoms with Gasteiger partial charge in [-0.3, -0.25) is 0 Å². The SMILES string of the molecule is C[C@@H]1C[C@H]([C@H]2C[C@@H]3CC[C@@]2(C)C3(C)C)[C@H](O)C[C@H]1C. The van der Waals surface area contributed by atoms with Gasteiger partial charge in [-0.05, 0) is 72.5 Å². The third-order valence-electron chi connectivity index (χ3n) is 8.10. The van der Waals surface area contributed by atoms with Gasteiger partial charge >= 0.3 is 0 Å².